The molecule has 1 amide bonds. The van der Waals surface area contributed by atoms with Crippen molar-refractivity contribution in [1.29, 1.82) is 0 Å². The molecule has 1 aliphatic rings. The number of hydrogen-bond donors (Lipinski definition) is 4. The molecule has 2 heterocycles. The van der Waals surface area contributed by atoms with Crippen LogP contribution in [0.3, 0.4) is 0 Å². The number of oxazole rings is 1. The molecule has 3 aromatic rings. The molecule has 1 aromatic carbocycles. The summed E-state index contributed by atoms with van der Waals surface area (Å²) in [5, 5.41) is 6.13. The van der Waals surface area contributed by atoms with Crippen LogP contribution < -0.4 is 22.1 Å². The van der Waals surface area contributed by atoms with E-state index >= 15 is 0 Å². The maximum Gasteiger partial charge on any atom is 0.252 e. The molecule has 152 valence electrons. The zero-order valence-corrected chi connectivity index (χ0v) is 16.0. The number of anilines is 3. The third-order valence-electron chi connectivity index (χ3n) is 5.14. The predicted octanol–water partition coefficient (Wildman–Crippen LogP) is 3.19. The Bertz CT molecular complexity index is 1070. The molecule has 9 heteroatoms. The number of benzene rings is 1. The predicted molar refractivity (Wildman–Crippen MR) is 109 cm³/mol. The minimum Gasteiger partial charge on any atom is -0.441 e. The van der Waals surface area contributed by atoms with Gasteiger partial charge in [-0.1, -0.05) is 12.8 Å². The fourth-order valence-corrected chi connectivity index (χ4v) is 3.64. The third kappa shape index (κ3) is 4.00. The van der Waals surface area contributed by atoms with E-state index in [1.54, 1.807) is 25.1 Å². The molecule has 0 spiro atoms. The van der Waals surface area contributed by atoms with E-state index in [0.29, 0.717) is 22.7 Å². The molecule has 2 unspecified atom stereocenters. The second kappa shape index (κ2) is 7.67. The maximum absolute atomic E-state index is 14.6. The first kappa shape index (κ1) is 19.1. The van der Waals surface area contributed by atoms with Crippen molar-refractivity contribution >= 4 is 34.3 Å². The Kier molecular flexibility index (Phi) is 5.06. The Labute approximate surface area is 166 Å². The highest BCUT2D eigenvalue weighted by atomic mass is 19.1. The Balaban J connectivity index is 1.66. The number of carbonyl (C=O) groups excluding carboxylic acids is 1. The molecule has 0 bridgehead atoms. The molecule has 29 heavy (non-hydrogen) atoms. The van der Waals surface area contributed by atoms with Crippen molar-refractivity contribution in [1.82, 2.24) is 9.97 Å². The minimum absolute atomic E-state index is 0.0384. The molecule has 8 nitrogen and oxygen atoms in total. The average molecular weight is 398 g/mol. The SMILES string of the molecule is Cc1nc2ccc(Nc3nc(NC4CCCCC4N)c(F)cc3C(N)=O)cc2o1. The summed E-state index contributed by atoms with van der Waals surface area (Å²) in [6, 6.07) is 6.22. The van der Waals surface area contributed by atoms with E-state index in [-0.39, 0.29) is 29.3 Å². The smallest absolute Gasteiger partial charge is 0.252 e. The first-order chi connectivity index (χ1) is 13.9. The lowest BCUT2D eigenvalue weighted by molar-refractivity contribution is 0.100. The third-order valence-corrected chi connectivity index (χ3v) is 5.14. The summed E-state index contributed by atoms with van der Waals surface area (Å²) in [5.41, 5.74) is 13.4. The first-order valence-corrected chi connectivity index (χ1v) is 9.57. The summed E-state index contributed by atoms with van der Waals surface area (Å²) in [6.45, 7) is 1.76. The molecule has 0 aliphatic heterocycles. The van der Waals surface area contributed by atoms with Crippen molar-refractivity contribution in [2.75, 3.05) is 10.6 Å². The number of nitrogens with one attached hydrogen (secondary N) is 2. The number of fused-ring (bicyclic) bond motifs is 1. The van der Waals surface area contributed by atoms with Gasteiger partial charge in [-0.15, -0.1) is 0 Å². The van der Waals surface area contributed by atoms with E-state index in [1.165, 1.54) is 0 Å². The van der Waals surface area contributed by atoms with Gasteiger partial charge in [0, 0.05) is 30.8 Å². The van der Waals surface area contributed by atoms with E-state index in [2.05, 4.69) is 20.6 Å². The Hall–Kier alpha value is -3.20. The maximum atomic E-state index is 14.6. The second-order valence-corrected chi connectivity index (χ2v) is 7.32. The van der Waals surface area contributed by atoms with Gasteiger partial charge in [-0.2, -0.15) is 0 Å². The van der Waals surface area contributed by atoms with Crippen LogP contribution in [0, 0.1) is 12.7 Å². The topological polar surface area (TPSA) is 132 Å². The van der Waals surface area contributed by atoms with Crippen LogP contribution in [-0.4, -0.2) is 28.0 Å². The summed E-state index contributed by atoms with van der Waals surface area (Å²) >= 11 is 0. The van der Waals surface area contributed by atoms with E-state index < -0.39 is 11.7 Å². The monoisotopic (exact) mass is 398 g/mol. The van der Waals surface area contributed by atoms with Crippen LogP contribution in [0.2, 0.25) is 0 Å². The Morgan fingerprint density at radius 3 is 2.76 bits per heavy atom. The van der Waals surface area contributed by atoms with E-state index in [4.69, 9.17) is 15.9 Å². The van der Waals surface area contributed by atoms with Crippen LogP contribution in [0.4, 0.5) is 21.7 Å². The van der Waals surface area contributed by atoms with Gasteiger partial charge in [0.05, 0.1) is 5.56 Å². The number of aromatic nitrogens is 2. The van der Waals surface area contributed by atoms with Crippen molar-refractivity contribution in [3.05, 3.63) is 41.5 Å². The van der Waals surface area contributed by atoms with Gasteiger partial charge in [0.25, 0.3) is 5.91 Å². The fourth-order valence-electron chi connectivity index (χ4n) is 3.64. The molecule has 2 atom stereocenters. The number of hydrogen-bond acceptors (Lipinski definition) is 7. The summed E-state index contributed by atoms with van der Waals surface area (Å²) in [6.07, 6.45) is 3.80. The van der Waals surface area contributed by atoms with Crippen LogP contribution >= 0.6 is 0 Å². The van der Waals surface area contributed by atoms with Crippen LogP contribution in [0.25, 0.3) is 11.1 Å². The average Bonchev–Trinajstić information content (AvgIpc) is 3.05. The lowest BCUT2D eigenvalue weighted by Crippen LogP contribution is -2.43. The summed E-state index contributed by atoms with van der Waals surface area (Å²) < 4.78 is 20.1. The van der Waals surface area contributed by atoms with Gasteiger partial charge in [-0.25, -0.2) is 14.4 Å². The summed E-state index contributed by atoms with van der Waals surface area (Å²) in [5.74, 6) is -0.692. The lowest BCUT2D eigenvalue weighted by atomic mass is 9.91. The lowest BCUT2D eigenvalue weighted by Gasteiger charge is -2.30. The van der Waals surface area contributed by atoms with E-state index in [9.17, 15) is 9.18 Å². The largest absolute Gasteiger partial charge is 0.441 e. The normalized spacial score (nSPS) is 19.3. The second-order valence-electron chi connectivity index (χ2n) is 7.32. The quantitative estimate of drug-likeness (QED) is 0.519. The van der Waals surface area contributed by atoms with Gasteiger partial charge in [0.15, 0.2) is 23.1 Å². The van der Waals surface area contributed by atoms with Crippen LogP contribution in [-0.2, 0) is 0 Å². The number of nitrogens with two attached hydrogens (primary N) is 2. The van der Waals surface area contributed by atoms with Gasteiger partial charge in [-0.3, -0.25) is 4.79 Å². The molecule has 0 saturated heterocycles. The zero-order valence-electron chi connectivity index (χ0n) is 16.0. The number of amides is 1. The molecule has 1 saturated carbocycles. The van der Waals surface area contributed by atoms with E-state index in [0.717, 1.165) is 31.7 Å². The molecule has 4 rings (SSSR count). The van der Waals surface area contributed by atoms with E-state index in [1.807, 2.05) is 0 Å². The molecular weight excluding hydrogens is 375 g/mol. The van der Waals surface area contributed by atoms with Gasteiger partial charge < -0.3 is 26.5 Å². The van der Waals surface area contributed by atoms with Gasteiger partial charge in [0.2, 0.25) is 0 Å². The number of rotatable bonds is 5. The Morgan fingerprint density at radius 2 is 2.00 bits per heavy atom. The van der Waals surface area contributed by atoms with Gasteiger partial charge in [-0.05, 0) is 31.0 Å². The van der Waals surface area contributed by atoms with Crippen LogP contribution in [0.5, 0.6) is 0 Å². The van der Waals surface area contributed by atoms with Crippen molar-refractivity contribution < 1.29 is 13.6 Å². The first-order valence-electron chi connectivity index (χ1n) is 9.57. The molecule has 1 aliphatic carbocycles. The highest BCUT2D eigenvalue weighted by Gasteiger charge is 2.24. The van der Waals surface area contributed by atoms with Crippen LogP contribution in [0.15, 0.2) is 28.7 Å². The highest BCUT2D eigenvalue weighted by molar-refractivity contribution is 5.98. The van der Waals surface area contributed by atoms with Crippen molar-refractivity contribution in [2.24, 2.45) is 11.5 Å². The summed E-state index contributed by atoms with van der Waals surface area (Å²) in [7, 11) is 0. The molecule has 6 N–H and O–H groups in total. The molecule has 0 radical (unpaired) electrons. The number of primary amides is 1. The standard InChI is InChI=1S/C20H23FN6O2/c1-10-24-16-7-6-11(8-17(16)29-10)25-19-12(18(23)28)9-13(21)20(27-19)26-15-5-3-2-4-14(15)22/h6-9,14-15H,2-5,22H2,1H3,(H2,23,28)(H2,25,26,27). The molecular formula is C20H23FN6O2. The van der Waals surface area contributed by atoms with Crippen molar-refractivity contribution in [2.45, 2.75) is 44.7 Å². The number of carbonyl (C=O) groups is 1. The van der Waals surface area contributed by atoms with Crippen molar-refractivity contribution in [3.63, 3.8) is 0 Å². The highest BCUT2D eigenvalue weighted by Crippen LogP contribution is 2.28. The van der Waals surface area contributed by atoms with Gasteiger partial charge >= 0.3 is 0 Å². The Morgan fingerprint density at radius 1 is 1.21 bits per heavy atom. The van der Waals surface area contributed by atoms with Gasteiger partial charge in [0.1, 0.15) is 11.3 Å². The molecule has 2 aromatic heterocycles. The number of pyridine rings is 1. The minimum atomic E-state index is -0.781. The fraction of sp³-hybridized carbons (Fsp3) is 0.350. The number of aryl methyl sites for hydroxylation is 1. The number of nitrogens with zero attached hydrogens (tertiary/aromatic N) is 2. The van der Waals surface area contributed by atoms with Crippen molar-refractivity contribution in [3.8, 4) is 0 Å². The zero-order chi connectivity index (χ0) is 20.5. The van der Waals surface area contributed by atoms with Crippen LogP contribution in [0.1, 0.15) is 41.9 Å². The molecule has 1 fully saturated rings. The summed E-state index contributed by atoms with van der Waals surface area (Å²) in [4.78, 5) is 20.4. The number of halogens is 1.